The summed E-state index contributed by atoms with van der Waals surface area (Å²) in [6.07, 6.45) is 1.02. The van der Waals surface area contributed by atoms with E-state index in [2.05, 4.69) is 13.2 Å². The van der Waals surface area contributed by atoms with Crippen molar-refractivity contribution in [1.29, 1.82) is 0 Å². The van der Waals surface area contributed by atoms with Crippen LogP contribution in [0.3, 0.4) is 0 Å². The van der Waals surface area contributed by atoms with E-state index in [-0.39, 0.29) is 11.1 Å². The quantitative estimate of drug-likeness (QED) is 0.321. The molecule has 7 heteroatoms. The molecule has 0 amide bonds. The van der Waals surface area contributed by atoms with Crippen LogP contribution in [-0.4, -0.2) is 54.8 Å². The Bertz CT molecular complexity index is 745. The van der Waals surface area contributed by atoms with Crippen LogP contribution in [0.25, 0.3) is 0 Å². The van der Waals surface area contributed by atoms with Crippen molar-refractivity contribution in [3.63, 3.8) is 0 Å². The van der Waals surface area contributed by atoms with Crippen LogP contribution >= 0.6 is 0 Å². The van der Waals surface area contributed by atoms with E-state index in [1.807, 2.05) is 0 Å². The lowest BCUT2D eigenvalue weighted by Gasteiger charge is -2.41. The Morgan fingerprint density at radius 1 is 1.46 bits per heavy atom. The number of esters is 2. The van der Waals surface area contributed by atoms with E-state index in [0.29, 0.717) is 31.3 Å². The Morgan fingerprint density at radius 3 is 2.81 bits per heavy atom. The van der Waals surface area contributed by atoms with Crippen LogP contribution in [0.4, 0.5) is 0 Å². The molecule has 0 N–H and O–H groups in total. The minimum atomic E-state index is -0.869. The summed E-state index contributed by atoms with van der Waals surface area (Å²) >= 11 is 0. The fourth-order valence-corrected chi connectivity index (χ4v) is 4.00. The number of epoxide rings is 1. The molecule has 4 aliphatic rings. The minimum absolute atomic E-state index is 0.194. The fraction of sp³-hybridized carbons (Fsp3) is 0.526. The van der Waals surface area contributed by atoms with Gasteiger partial charge in [0, 0.05) is 16.7 Å². The summed E-state index contributed by atoms with van der Waals surface area (Å²) in [5.74, 6) is -1.81. The van der Waals surface area contributed by atoms with Gasteiger partial charge in [0.1, 0.15) is 30.2 Å². The summed E-state index contributed by atoms with van der Waals surface area (Å²) in [6, 6.07) is 0. The third-order valence-electron chi connectivity index (χ3n) is 5.54. The van der Waals surface area contributed by atoms with Crippen LogP contribution in [0.5, 0.6) is 0 Å². The highest BCUT2D eigenvalue weighted by Gasteiger charge is 2.64. The molecule has 0 aliphatic carbocycles. The first-order valence-electron chi connectivity index (χ1n) is 8.59. The monoisotopic (exact) mass is 360 g/mol. The SMILES string of the molecule is C=C(C)C(=O)OC1C=C(C=O)C2CCC3(CO3)C(O2)C2OC(=O)C(=C)C12. The number of ether oxygens (including phenoxy) is 4. The van der Waals surface area contributed by atoms with Crippen molar-refractivity contribution < 1.29 is 33.3 Å². The fourth-order valence-electron chi connectivity index (χ4n) is 4.00. The normalized spacial score (nSPS) is 40.7. The molecule has 26 heavy (non-hydrogen) atoms. The van der Waals surface area contributed by atoms with Crippen molar-refractivity contribution in [2.45, 2.75) is 49.8 Å². The zero-order valence-electron chi connectivity index (χ0n) is 14.4. The van der Waals surface area contributed by atoms with Gasteiger partial charge in [0.2, 0.25) is 0 Å². The van der Waals surface area contributed by atoms with Gasteiger partial charge in [0.15, 0.2) is 0 Å². The average Bonchev–Trinajstić information content (AvgIpc) is 3.31. The van der Waals surface area contributed by atoms with E-state index < -0.39 is 47.9 Å². The van der Waals surface area contributed by atoms with E-state index in [1.54, 1.807) is 6.08 Å². The van der Waals surface area contributed by atoms with Crippen molar-refractivity contribution in [2.24, 2.45) is 5.92 Å². The Balaban J connectivity index is 1.78. The molecule has 3 fully saturated rings. The van der Waals surface area contributed by atoms with Crippen LogP contribution in [0.1, 0.15) is 19.8 Å². The number of fused-ring (bicyclic) bond motifs is 5. The number of aldehydes is 1. The molecular formula is C19H20O7. The second-order valence-electron chi connectivity index (χ2n) is 7.29. The maximum Gasteiger partial charge on any atom is 0.334 e. The highest BCUT2D eigenvalue weighted by molar-refractivity contribution is 5.92. The predicted octanol–water partition coefficient (Wildman–Crippen LogP) is 1.03. The number of rotatable bonds is 3. The van der Waals surface area contributed by atoms with E-state index in [0.717, 1.165) is 0 Å². The molecule has 7 nitrogen and oxygen atoms in total. The van der Waals surface area contributed by atoms with Gasteiger partial charge in [-0.2, -0.15) is 0 Å². The maximum absolute atomic E-state index is 12.2. The summed E-state index contributed by atoms with van der Waals surface area (Å²) < 4.78 is 22.8. The number of carbonyl (C=O) groups excluding carboxylic acids is 3. The Morgan fingerprint density at radius 2 is 2.19 bits per heavy atom. The molecule has 3 saturated heterocycles. The molecule has 0 aromatic heterocycles. The molecule has 0 aromatic rings. The van der Waals surface area contributed by atoms with Gasteiger partial charge in [-0.1, -0.05) is 13.2 Å². The van der Waals surface area contributed by atoms with Gasteiger partial charge >= 0.3 is 11.9 Å². The number of hydrogen-bond acceptors (Lipinski definition) is 7. The first-order chi connectivity index (χ1) is 12.4. The topological polar surface area (TPSA) is 91.4 Å². The van der Waals surface area contributed by atoms with Crippen LogP contribution < -0.4 is 0 Å². The highest BCUT2D eigenvalue weighted by Crippen LogP contribution is 2.50. The van der Waals surface area contributed by atoms with Crippen molar-refractivity contribution in [1.82, 2.24) is 0 Å². The van der Waals surface area contributed by atoms with Crippen molar-refractivity contribution in [3.05, 3.63) is 36.0 Å². The lowest BCUT2D eigenvalue weighted by Crippen LogP contribution is -2.54. The third kappa shape index (κ3) is 2.54. The molecule has 1 spiro atoms. The van der Waals surface area contributed by atoms with Gasteiger partial charge in [-0.3, -0.25) is 4.79 Å². The zero-order valence-corrected chi connectivity index (χ0v) is 14.4. The van der Waals surface area contributed by atoms with Crippen molar-refractivity contribution in [3.8, 4) is 0 Å². The van der Waals surface area contributed by atoms with E-state index in [4.69, 9.17) is 18.9 Å². The maximum atomic E-state index is 12.2. The Kier molecular flexibility index (Phi) is 3.89. The van der Waals surface area contributed by atoms with Crippen LogP contribution in [0.15, 0.2) is 36.0 Å². The molecule has 6 unspecified atom stereocenters. The molecule has 0 aromatic carbocycles. The molecule has 4 rings (SSSR count). The van der Waals surface area contributed by atoms with Gasteiger partial charge in [-0.25, -0.2) is 9.59 Å². The molecule has 2 bridgehead atoms. The molecule has 138 valence electrons. The highest BCUT2D eigenvalue weighted by atomic mass is 16.6. The van der Waals surface area contributed by atoms with E-state index >= 15 is 0 Å². The van der Waals surface area contributed by atoms with Gasteiger partial charge in [0.25, 0.3) is 0 Å². The van der Waals surface area contributed by atoms with Crippen molar-refractivity contribution in [2.75, 3.05) is 6.61 Å². The van der Waals surface area contributed by atoms with Crippen LogP contribution in [0, 0.1) is 5.92 Å². The second-order valence-corrected chi connectivity index (χ2v) is 7.29. The largest absolute Gasteiger partial charge is 0.455 e. The lowest BCUT2D eigenvalue weighted by molar-refractivity contribution is -0.172. The van der Waals surface area contributed by atoms with Gasteiger partial charge in [-0.05, 0) is 25.8 Å². The molecule has 6 atom stereocenters. The Labute approximate surface area is 150 Å². The summed E-state index contributed by atoms with van der Waals surface area (Å²) in [7, 11) is 0. The van der Waals surface area contributed by atoms with Crippen molar-refractivity contribution >= 4 is 18.2 Å². The average molecular weight is 360 g/mol. The zero-order chi connectivity index (χ0) is 18.6. The number of hydrogen-bond donors (Lipinski definition) is 0. The van der Waals surface area contributed by atoms with Crippen LogP contribution in [0.2, 0.25) is 0 Å². The third-order valence-corrected chi connectivity index (χ3v) is 5.54. The molecule has 4 heterocycles. The Hall–Kier alpha value is -2.25. The minimum Gasteiger partial charge on any atom is -0.455 e. The second kappa shape index (κ2) is 5.89. The standard InChI is InChI=1S/C19H20O7/c1-9(2)17(21)25-13-6-11(7-20)12-4-5-19(8-23-19)16(24-12)15-14(13)10(3)18(22)26-15/h6-7,12-16H,1,3-5,8H2,2H3. The lowest BCUT2D eigenvalue weighted by atomic mass is 9.77. The first kappa shape index (κ1) is 17.2. The number of carbonyl (C=O) groups is 3. The summed E-state index contributed by atoms with van der Waals surface area (Å²) in [5, 5.41) is 0. The summed E-state index contributed by atoms with van der Waals surface area (Å²) in [4.78, 5) is 36.0. The summed E-state index contributed by atoms with van der Waals surface area (Å²) in [5.41, 5.74) is 0.285. The van der Waals surface area contributed by atoms with E-state index in [1.165, 1.54) is 6.92 Å². The van der Waals surface area contributed by atoms with Gasteiger partial charge < -0.3 is 18.9 Å². The molecule has 0 saturated carbocycles. The first-order valence-corrected chi connectivity index (χ1v) is 8.59. The van der Waals surface area contributed by atoms with Gasteiger partial charge in [0.05, 0.1) is 18.6 Å². The van der Waals surface area contributed by atoms with Crippen LogP contribution in [-0.2, 0) is 33.3 Å². The van der Waals surface area contributed by atoms with Gasteiger partial charge in [-0.15, -0.1) is 0 Å². The summed E-state index contributed by atoms with van der Waals surface area (Å²) in [6.45, 7) is 9.44. The molecular weight excluding hydrogens is 340 g/mol. The molecule has 4 aliphatic heterocycles. The predicted molar refractivity (Wildman–Crippen MR) is 87.9 cm³/mol. The van der Waals surface area contributed by atoms with E-state index in [9.17, 15) is 14.4 Å². The smallest absolute Gasteiger partial charge is 0.334 e. The molecule has 0 radical (unpaired) electrons.